The van der Waals surface area contributed by atoms with Crippen molar-refractivity contribution in [1.82, 2.24) is 0 Å². The summed E-state index contributed by atoms with van der Waals surface area (Å²) in [4.78, 5) is 0. The minimum absolute atomic E-state index is 0.285. The number of aliphatic hydroxyl groups excluding tert-OH is 1. The molecule has 0 heterocycles. The van der Waals surface area contributed by atoms with Crippen molar-refractivity contribution in [2.75, 3.05) is 6.61 Å². The Morgan fingerprint density at radius 1 is 0.786 bits per heavy atom. The number of hydrogen-bond donors (Lipinski definition) is 1. The maximum Gasteiger partial charge on any atom is 0.0465 e. The van der Waals surface area contributed by atoms with Crippen LogP contribution in [0, 0.1) is 0 Å². The number of rotatable bonds is 10. The third-order valence-corrected chi connectivity index (χ3v) is 2.44. The van der Waals surface area contributed by atoms with Gasteiger partial charge in [-0.3, -0.25) is 0 Å². The van der Waals surface area contributed by atoms with E-state index in [4.69, 9.17) is 5.11 Å². The summed E-state index contributed by atoms with van der Waals surface area (Å²) in [5.74, 6) is 0. The van der Waals surface area contributed by atoms with Gasteiger partial charge in [-0.25, -0.2) is 0 Å². The van der Waals surface area contributed by atoms with Gasteiger partial charge in [0.2, 0.25) is 0 Å². The molecular weight excluding hydrogens is 172 g/mol. The van der Waals surface area contributed by atoms with E-state index in [1.165, 1.54) is 51.4 Å². The molecule has 0 bridgehead atoms. The first-order valence-corrected chi connectivity index (χ1v) is 6.17. The van der Waals surface area contributed by atoms with Gasteiger partial charge in [-0.1, -0.05) is 57.6 Å². The Morgan fingerprint density at radius 2 is 1.36 bits per heavy atom. The van der Waals surface area contributed by atoms with E-state index in [1.807, 2.05) is 0 Å². The zero-order valence-electron chi connectivity index (χ0n) is 9.67. The maximum absolute atomic E-state index is 8.54. The Labute approximate surface area is 89.2 Å². The highest BCUT2D eigenvalue weighted by molar-refractivity contribution is 4.80. The quantitative estimate of drug-likeness (QED) is 0.414. The molecular formula is C13H26O. The Kier molecular flexibility index (Phi) is 12.4. The molecule has 0 aromatic carbocycles. The molecule has 0 spiro atoms. The van der Waals surface area contributed by atoms with E-state index in [1.54, 1.807) is 0 Å². The van der Waals surface area contributed by atoms with Crippen LogP contribution in [0.15, 0.2) is 12.2 Å². The normalized spacial score (nSPS) is 11.3. The van der Waals surface area contributed by atoms with Crippen molar-refractivity contribution in [3.8, 4) is 0 Å². The molecule has 0 aliphatic carbocycles. The molecule has 1 heteroatoms. The van der Waals surface area contributed by atoms with Crippen molar-refractivity contribution in [2.45, 2.75) is 64.7 Å². The zero-order chi connectivity index (χ0) is 10.5. The lowest BCUT2D eigenvalue weighted by molar-refractivity contribution is 0.302. The van der Waals surface area contributed by atoms with E-state index in [0.717, 1.165) is 6.42 Å². The van der Waals surface area contributed by atoms with Crippen molar-refractivity contribution in [2.24, 2.45) is 0 Å². The molecule has 0 radical (unpaired) electrons. The molecule has 0 rings (SSSR count). The minimum atomic E-state index is 0.285. The first-order valence-electron chi connectivity index (χ1n) is 6.17. The molecule has 0 saturated heterocycles. The molecule has 0 unspecified atom stereocenters. The van der Waals surface area contributed by atoms with Gasteiger partial charge in [0.05, 0.1) is 0 Å². The first kappa shape index (κ1) is 13.7. The summed E-state index contributed by atoms with van der Waals surface area (Å²) in [6, 6.07) is 0. The van der Waals surface area contributed by atoms with Crippen LogP contribution in [-0.2, 0) is 0 Å². The van der Waals surface area contributed by atoms with Crippen LogP contribution < -0.4 is 0 Å². The lowest BCUT2D eigenvalue weighted by Gasteiger charge is -1.98. The van der Waals surface area contributed by atoms with Crippen LogP contribution in [0.3, 0.4) is 0 Å². The predicted molar refractivity (Wildman–Crippen MR) is 63.5 cm³/mol. The summed E-state index contributed by atoms with van der Waals surface area (Å²) in [5.41, 5.74) is 0. The lowest BCUT2D eigenvalue weighted by Crippen LogP contribution is -1.79. The molecule has 0 aliphatic rings. The van der Waals surface area contributed by atoms with Gasteiger partial charge >= 0.3 is 0 Å². The van der Waals surface area contributed by atoms with Gasteiger partial charge in [0.1, 0.15) is 0 Å². The van der Waals surface area contributed by atoms with Gasteiger partial charge < -0.3 is 5.11 Å². The van der Waals surface area contributed by atoms with Crippen LogP contribution in [-0.4, -0.2) is 11.7 Å². The molecule has 0 aliphatic heterocycles. The molecule has 0 saturated carbocycles. The fourth-order valence-corrected chi connectivity index (χ4v) is 1.53. The van der Waals surface area contributed by atoms with Gasteiger partial charge in [0.25, 0.3) is 0 Å². The van der Waals surface area contributed by atoms with Crippen molar-refractivity contribution in [3.63, 3.8) is 0 Å². The average molecular weight is 198 g/mol. The monoisotopic (exact) mass is 198 g/mol. The first-order chi connectivity index (χ1) is 6.91. The van der Waals surface area contributed by atoms with Gasteiger partial charge in [-0.2, -0.15) is 0 Å². The summed E-state index contributed by atoms with van der Waals surface area (Å²) in [6.45, 7) is 2.54. The van der Waals surface area contributed by atoms with Gasteiger partial charge in [0.15, 0.2) is 0 Å². The van der Waals surface area contributed by atoms with E-state index in [-0.39, 0.29) is 6.61 Å². The smallest absolute Gasteiger partial charge is 0.0465 e. The van der Waals surface area contributed by atoms with Crippen LogP contribution in [0.5, 0.6) is 0 Å². The van der Waals surface area contributed by atoms with Crippen molar-refractivity contribution in [3.05, 3.63) is 12.2 Å². The Morgan fingerprint density at radius 3 is 2.00 bits per heavy atom. The van der Waals surface area contributed by atoms with Crippen molar-refractivity contribution < 1.29 is 5.11 Å². The van der Waals surface area contributed by atoms with E-state index in [2.05, 4.69) is 19.1 Å². The highest BCUT2D eigenvalue weighted by Crippen LogP contribution is 2.08. The van der Waals surface area contributed by atoms with Crippen LogP contribution in [0.2, 0.25) is 0 Å². The second-order valence-corrected chi connectivity index (χ2v) is 3.89. The Bertz CT molecular complexity index is 118. The highest BCUT2D eigenvalue weighted by Gasteiger charge is 1.88. The molecule has 0 fully saturated rings. The fourth-order valence-electron chi connectivity index (χ4n) is 1.53. The standard InChI is InChI=1S/C13H26O/c1-2-3-4-5-6-7-8-9-10-11-12-13-14/h10-11,14H,2-9,12-13H2,1H3/b11-10+. The zero-order valence-corrected chi connectivity index (χ0v) is 9.67. The molecule has 0 atom stereocenters. The molecule has 0 amide bonds. The summed E-state index contributed by atoms with van der Waals surface area (Å²) in [6.07, 6.45) is 15.9. The van der Waals surface area contributed by atoms with Gasteiger partial charge in [-0.15, -0.1) is 0 Å². The second kappa shape index (κ2) is 12.7. The van der Waals surface area contributed by atoms with E-state index in [9.17, 15) is 0 Å². The fraction of sp³-hybridized carbons (Fsp3) is 0.846. The SMILES string of the molecule is CCCCCCCCC/C=C/CCO. The minimum Gasteiger partial charge on any atom is -0.396 e. The maximum atomic E-state index is 8.54. The Balaban J connectivity index is 2.91. The van der Waals surface area contributed by atoms with Crippen molar-refractivity contribution >= 4 is 0 Å². The molecule has 1 N–H and O–H groups in total. The molecule has 0 aromatic heterocycles. The van der Waals surface area contributed by atoms with Crippen LogP contribution in [0.4, 0.5) is 0 Å². The summed E-state index contributed by atoms with van der Waals surface area (Å²) < 4.78 is 0. The predicted octanol–water partition coefficient (Wildman–Crippen LogP) is 4.07. The summed E-state index contributed by atoms with van der Waals surface area (Å²) in [5, 5.41) is 8.54. The van der Waals surface area contributed by atoms with Crippen LogP contribution in [0.25, 0.3) is 0 Å². The summed E-state index contributed by atoms with van der Waals surface area (Å²) in [7, 11) is 0. The van der Waals surface area contributed by atoms with Gasteiger partial charge in [-0.05, 0) is 19.3 Å². The molecule has 0 aromatic rings. The number of hydrogen-bond acceptors (Lipinski definition) is 1. The number of unbranched alkanes of at least 4 members (excludes halogenated alkanes) is 7. The average Bonchev–Trinajstić information content (AvgIpc) is 2.21. The molecule has 14 heavy (non-hydrogen) atoms. The Hall–Kier alpha value is -0.300. The number of allylic oxidation sites excluding steroid dienone is 1. The van der Waals surface area contributed by atoms with E-state index in [0.29, 0.717) is 0 Å². The van der Waals surface area contributed by atoms with Gasteiger partial charge in [0, 0.05) is 6.61 Å². The van der Waals surface area contributed by atoms with Crippen LogP contribution >= 0.6 is 0 Å². The topological polar surface area (TPSA) is 20.2 Å². The van der Waals surface area contributed by atoms with Crippen LogP contribution in [0.1, 0.15) is 64.7 Å². The third kappa shape index (κ3) is 11.7. The third-order valence-electron chi connectivity index (χ3n) is 2.44. The highest BCUT2D eigenvalue weighted by atomic mass is 16.2. The number of aliphatic hydroxyl groups is 1. The second-order valence-electron chi connectivity index (χ2n) is 3.89. The van der Waals surface area contributed by atoms with Crippen molar-refractivity contribution in [1.29, 1.82) is 0 Å². The summed E-state index contributed by atoms with van der Waals surface area (Å²) >= 11 is 0. The molecule has 84 valence electrons. The largest absolute Gasteiger partial charge is 0.396 e. The van der Waals surface area contributed by atoms with E-state index < -0.39 is 0 Å². The lowest BCUT2D eigenvalue weighted by atomic mass is 10.1. The molecule has 1 nitrogen and oxygen atoms in total. The van der Waals surface area contributed by atoms with E-state index >= 15 is 0 Å².